The van der Waals surface area contributed by atoms with Gasteiger partial charge in [-0.2, -0.15) is 0 Å². The molecule has 0 saturated carbocycles. The number of nitrogens with one attached hydrogen (secondary N) is 1. The number of rotatable bonds is 4. The number of anilines is 1. The first kappa shape index (κ1) is 15.8. The van der Waals surface area contributed by atoms with Crippen LogP contribution in [0.4, 0.5) is 5.82 Å². The quantitative estimate of drug-likeness (QED) is 0.903. The molecule has 1 aliphatic heterocycles. The highest BCUT2D eigenvalue weighted by Crippen LogP contribution is 2.15. The molecule has 1 aromatic rings. The lowest BCUT2D eigenvalue weighted by Crippen LogP contribution is -2.49. The van der Waals surface area contributed by atoms with Crippen molar-refractivity contribution >= 4 is 21.6 Å². The Kier molecular flexibility index (Phi) is 4.82. The van der Waals surface area contributed by atoms with Crippen molar-refractivity contribution in [1.29, 1.82) is 0 Å². The van der Waals surface area contributed by atoms with E-state index in [1.54, 1.807) is 24.0 Å². The number of sulfone groups is 1. The van der Waals surface area contributed by atoms with Crippen LogP contribution in [0.3, 0.4) is 0 Å². The van der Waals surface area contributed by atoms with E-state index in [0.717, 1.165) is 13.0 Å². The second-order valence-corrected chi connectivity index (χ2v) is 7.53. The van der Waals surface area contributed by atoms with Gasteiger partial charge in [-0.05, 0) is 25.5 Å². The highest BCUT2D eigenvalue weighted by atomic mass is 32.2. The minimum absolute atomic E-state index is 0.0204. The van der Waals surface area contributed by atoms with Crippen LogP contribution in [-0.2, 0) is 9.84 Å². The molecule has 1 atom stereocenters. The Morgan fingerprint density at radius 2 is 2.24 bits per heavy atom. The molecule has 0 spiro atoms. The van der Waals surface area contributed by atoms with Crippen molar-refractivity contribution in [2.45, 2.75) is 26.3 Å². The van der Waals surface area contributed by atoms with E-state index < -0.39 is 9.84 Å². The van der Waals surface area contributed by atoms with Crippen LogP contribution in [-0.4, -0.2) is 54.8 Å². The normalized spacial score (nSPS) is 21.0. The predicted octanol–water partition coefficient (Wildman–Crippen LogP) is 1.16. The average Bonchev–Trinajstić information content (AvgIpc) is 2.44. The molecule has 0 aromatic carbocycles. The summed E-state index contributed by atoms with van der Waals surface area (Å²) in [4.78, 5) is 18.4. The molecule has 6 nitrogen and oxygen atoms in total. The van der Waals surface area contributed by atoms with E-state index in [1.165, 1.54) is 0 Å². The van der Waals surface area contributed by atoms with Gasteiger partial charge in [-0.25, -0.2) is 13.4 Å². The summed E-state index contributed by atoms with van der Waals surface area (Å²) in [6.45, 7) is 4.84. The number of carbonyl (C=O) groups excluding carboxylic acids is 1. The third-order valence-corrected chi connectivity index (χ3v) is 5.25. The molecule has 0 bridgehead atoms. The van der Waals surface area contributed by atoms with Gasteiger partial charge in [-0.1, -0.05) is 13.0 Å². The molecule has 7 heteroatoms. The molecule has 0 radical (unpaired) electrons. The Labute approximate surface area is 125 Å². The fourth-order valence-electron chi connectivity index (χ4n) is 2.35. The van der Waals surface area contributed by atoms with E-state index in [1.807, 2.05) is 6.07 Å². The fourth-order valence-corrected chi connectivity index (χ4v) is 3.91. The largest absolute Gasteiger partial charge is 0.370 e. The zero-order chi connectivity index (χ0) is 15.5. The summed E-state index contributed by atoms with van der Waals surface area (Å²) in [7, 11) is -3.03. The van der Waals surface area contributed by atoms with Crippen LogP contribution < -0.4 is 5.32 Å². The van der Waals surface area contributed by atoms with Crippen molar-refractivity contribution in [2.75, 3.05) is 29.9 Å². The number of nitrogens with zero attached hydrogens (tertiary/aromatic N) is 2. The lowest BCUT2D eigenvalue weighted by Gasteiger charge is -2.32. The molecule has 1 amide bonds. The zero-order valence-electron chi connectivity index (χ0n) is 12.4. The van der Waals surface area contributed by atoms with Gasteiger partial charge in [-0.15, -0.1) is 0 Å². The maximum Gasteiger partial charge on any atom is 0.272 e. The number of amides is 1. The lowest BCUT2D eigenvalue weighted by atomic mass is 10.2. The molecule has 1 fully saturated rings. The summed E-state index contributed by atoms with van der Waals surface area (Å²) >= 11 is 0. The number of aromatic nitrogens is 1. The van der Waals surface area contributed by atoms with Crippen LogP contribution in [0.2, 0.25) is 0 Å². The van der Waals surface area contributed by atoms with Crippen LogP contribution in [0.5, 0.6) is 0 Å². The maximum absolute atomic E-state index is 12.5. The minimum Gasteiger partial charge on any atom is -0.370 e. The summed E-state index contributed by atoms with van der Waals surface area (Å²) in [6.07, 6.45) is 0.973. The van der Waals surface area contributed by atoms with Crippen molar-refractivity contribution in [2.24, 2.45) is 0 Å². The molecule has 1 aromatic heterocycles. The molecule has 1 N–H and O–H groups in total. The van der Waals surface area contributed by atoms with E-state index in [-0.39, 0.29) is 30.0 Å². The van der Waals surface area contributed by atoms with Gasteiger partial charge >= 0.3 is 0 Å². The van der Waals surface area contributed by atoms with E-state index in [2.05, 4.69) is 17.2 Å². The van der Waals surface area contributed by atoms with Crippen molar-refractivity contribution in [3.05, 3.63) is 23.9 Å². The zero-order valence-corrected chi connectivity index (χ0v) is 13.2. The maximum atomic E-state index is 12.5. The molecule has 1 aliphatic rings. The van der Waals surface area contributed by atoms with Crippen molar-refractivity contribution in [3.63, 3.8) is 0 Å². The minimum atomic E-state index is -3.03. The van der Waals surface area contributed by atoms with Crippen molar-refractivity contribution < 1.29 is 13.2 Å². The Bertz CT molecular complexity index is 616. The Balaban J connectivity index is 2.13. The van der Waals surface area contributed by atoms with Crippen LogP contribution in [0.15, 0.2) is 18.2 Å². The Morgan fingerprint density at radius 1 is 1.48 bits per heavy atom. The summed E-state index contributed by atoms with van der Waals surface area (Å²) in [5.74, 6) is 0.501. The van der Waals surface area contributed by atoms with E-state index in [4.69, 9.17) is 0 Å². The first-order chi connectivity index (χ1) is 9.93. The fraction of sp³-hybridized carbons (Fsp3) is 0.571. The van der Waals surface area contributed by atoms with E-state index >= 15 is 0 Å². The van der Waals surface area contributed by atoms with Crippen LogP contribution >= 0.6 is 0 Å². The van der Waals surface area contributed by atoms with E-state index in [0.29, 0.717) is 11.5 Å². The van der Waals surface area contributed by atoms with Gasteiger partial charge in [0.1, 0.15) is 11.5 Å². The monoisotopic (exact) mass is 311 g/mol. The topological polar surface area (TPSA) is 79.4 Å². The molecular weight excluding hydrogens is 290 g/mol. The number of pyridine rings is 1. The van der Waals surface area contributed by atoms with Crippen LogP contribution in [0.1, 0.15) is 30.8 Å². The molecule has 2 rings (SSSR count). The van der Waals surface area contributed by atoms with Gasteiger partial charge in [0.15, 0.2) is 9.84 Å². The van der Waals surface area contributed by atoms with Gasteiger partial charge in [-0.3, -0.25) is 4.79 Å². The van der Waals surface area contributed by atoms with Gasteiger partial charge in [0, 0.05) is 19.1 Å². The van der Waals surface area contributed by atoms with Gasteiger partial charge in [0.25, 0.3) is 5.91 Å². The predicted molar refractivity (Wildman–Crippen MR) is 82.2 cm³/mol. The van der Waals surface area contributed by atoms with E-state index in [9.17, 15) is 13.2 Å². The van der Waals surface area contributed by atoms with Crippen molar-refractivity contribution in [1.82, 2.24) is 9.88 Å². The van der Waals surface area contributed by atoms with Gasteiger partial charge in [0.05, 0.1) is 11.5 Å². The lowest BCUT2D eigenvalue weighted by molar-refractivity contribution is 0.0706. The molecule has 1 unspecified atom stereocenters. The Hall–Kier alpha value is -1.63. The smallest absolute Gasteiger partial charge is 0.272 e. The standard InChI is InChI=1S/C14H21N3O3S/c1-3-7-15-13-6-4-5-12(16-13)14(18)17-8-9-21(19,20)10-11(17)2/h4-6,11H,3,7-10H2,1-2H3,(H,15,16). The second kappa shape index (κ2) is 6.43. The summed E-state index contributed by atoms with van der Waals surface area (Å²) < 4.78 is 23.1. The van der Waals surface area contributed by atoms with Crippen LogP contribution in [0, 0.1) is 0 Å². The summed E-state index contributed by atoms with van der Waals surface area (Å²) in [6, 6.07) is 4.94. The average molecular weight is 311 g/mol. The highest BCUT2D eigenvalue weighted by molar-refractivity contribution is 7.91. The molecular formula is C14H21N3O3S. The number of hydrogen-bond acceptors (Lipinski definition) is 5. The Morgan fingerprint density at radius 3 is 2.90 bits per heavy atom. The van der Waals surface area contributed by atoms with Crippen LogP contribution in [0.25, 0.3) is 0 Å². The molecule has 0 aliphatic carbocycles. The SMILES string of the molecule is CCCNc1cccc(C(=O)N2CCS(=O)(=O)CC2C)n1. The number of hydrogen-bond donors (Lipinski definition) is 1. The first-order valence-corrected chi connectivity index (χ1v) is 8.97. The third kappa shape index (κ3) is 3.93. The molecule has 21 heavy (non-hydrogen) atoms. The molecule has 2 heterocycles. The molecule has 1 saturated heterocycles. The van der Waals surface area contributed by atoms with Gasteiger partial charge in [0.2, 0.25) is 0 Å². The first-order valence-electron chi connectivity index (χ1n) is 7.15. The molecule has 116 valence electrons. The van der Waals surface area contributed by atoms with Gasteiger partial charge < -0.3 is 10.2 Å². The second-order valence-electron chi connectivity index (χ2n) is 5.30. The van der Waals surface area contributed by atoms with Crippen molar-refractivity contribution in [3.8, 4) is 0 Å². The summed E-state index contributed by atoms with van der Waals surface area (Å²) in [5.41, 5.74) is 0.349. The highest BCUT2D eigenvalue weighted by Gasteiger charge is 2.32. The summed E-state index contributed by atoms with van der Waals surface area (Å²) in [5, 5.41) is 3.14. The number of carbonyl (C=O) groups is 1. The third-order valence-electron chi connectivity index (χ3n) is 3.46.